The SMILES string of the molecule is CCOC(=O)c1ccc(N2C(=O)C(=Cc3cc(O)c(O)c(OC)c3)c3ccccc3C2=O)cc1. The van der Waals surface area contributed by atoms with E-state index in [2.05, 4.69) is 0 Å². The molecule has 0 aliphatic carbocycles. The first-order chi connectivity index (χ1) is 16.3. The molecular formula is C26H21NO7. The normalized spacial score (nSPS) is 14.2. The molecule has 3 aromatic rings. The molecule has 0 fully saturated rings. The van der Waals surface area contributed by atoms with E-state index in [1.165, 1.54) is 49.6 Å². The number of fused-ring (bicyclic) bond motifs is 1. The average molecular weight is 459 g/mol. The third-order valence-electron chi connectivity index (χ3n) is 5.33. The minimum Gasteiger partial charge on any atom is -0.504 e. The number of phenolic OH excluding ortho intramolecular Hbond substituents is 2. The Morgan fingerprint density at radius 2 is 1.65 bits per heavy atom. The molecule has 1 aliphatic heterocycles. The third-order valence-corrected chi connectivity index (χ3v) is 5.33. The molecule has 0 saturated heterocycles. The third kappa shape index (κ3) is 3.97. The van der Waals surface area contributed by atoms with Gasteiger partial charge in [0.25, 0.3) is 11.8 Å². The van der Waals surface area contributed by atoms with Crippen molar-refractivity contribution in [2.75, 3.05) is 18.6 Å². The highest BCUT2D eigenvalue weighted by Gasteiger charge is 2.36. The maximum Gasteiger partial charge on any atom is 0.338 e. The van der Waals surface area contributed by atoms with E-state index in [4.69, 9.17) is 9.47 Å². The Labute approximate surface area is 195 Å². The van der Waals surface area contributed by atoms with Crippen molar-refractivity contribution < 1.29 is 34.1 Å². The lowest BCUT2D eigenvalue weighted by molar-refractivity contribution is -0.112. The predicted octanol–water partition coefficient (Wildman–Crippen LogP) is 4.01. The molecule has 1 heterocycles. The molecule has 0 bridgehead atoms. The molecule has 0 saturated carbocycles. The summed E-state index contributed by atoms with van der Waals surface area (Å²) in [6.45, 7) is 1.93. The quantitative estimate of drug-likeness (QED) is 0.256. The standard InChI is InChI=1S/C26H21NO7/c1-3-34-26(32)16-8-10-17(11-9-16)27-24(30)19-7-5-4-6-18(19)20(25(27)31)12-15-13-21(28)23(29)22(14-15)33-2/h4-14,28-29H,3H2,1-2H3. The van der Waals surface area contributed by atoms with Crippen LogP contribution in [0.5, 0.6) is 17.2 Å². The first-order valence-electron chi connectivity index (χ1n) is 10.4. The topological polar surface area (TPSA) is 113 Å². The summed E-state index contributed by atoms with van der Waals surface area (Å²) in [5.74, 6) is -2.39. The second kappa shape index (κ2) is 9.11. The van der Waals surface area contributed by atoms with Gasteiger partial charge in [-0.05, 0) is 66.6 Å². The molecule has 2 amide bonds. The number of anilines is 1. The fourth-order valence-electron chi connectivity index (χ4n) is 3.71. The Balaban J connectivity index is 1.81. The summed E-state index contributed by atoms with van der Waals surface area (Å²) in [5.41, 5.74) is 1.93. The van der Waals surface area contributed by atoms with E-state index >= 15 is 0 Å². The largest absolute Gasteiger partial charge is 0.504 e. The predicted molar refractivity (Wildman–Crippen MR) is 125 cm³/mol. The van der Waals surface area contributed by atoms with Crippen molar-refractivity contribution in [1.82, 2.24) is 0 Å². The summed E-state index contributed by atoms with van der Waals surface area (Å²) in [4.78, 5) is 39.8. The van der Waals surface area contributed by atoms with Gasteiger partial charge in [0.15, 0.2) is 11.5 Å². The average Bonchev–Trinajstić information content (AvgIpc) is 2.84. The van der Waals surface area contributed by atoms with Crippen LogP contribution in [0.2, 0.25) is 0 Å². The highest BCUT2D eigenvalue weighted by molar-refractivity contribution is 6.43. The number of hydrogen-bond donors (Lipinski definition) is 2. The van der Waals surface area contributed by atoms with Crippen LogP contribution in [0.1, 0.15) is 38.8 Å². The minimum atomic E-state index is -0.584. The molecule has 0 aromatic heterocycles. The van der Waals surface area contributed by atoms with Crippen molar-refractivity contribution in [2.24, 2.45) is 0 Å². The summed E-state index contributed by atoms with van der Waals surface area (Å²) in [7, 11) is 1.34. The maximum atomic E-state index is 13.5. The zero-order valence-corrected chi connectivity index (χ0v) is 18.4. The monoisotopic (exact) mass is 459 g/mol. The molecule has 172 valence electrons. The zero-order valence-electron chi connectivity index (χ0n) is 18.4. The number of nitrogens with zero attached hydrogens (tertiary/aromatic N) is 1. The fourth-order valence-corrected chi connectivity index (χ4v) is 3.71. The van der Waals surface area contributed by atoms with E-state index < -0.39 is 29.3 Å². The number of phenols is 2. The van der Waals surface area contributed by atoms with Gasteiger partial charge in [-0.1, -0.05) is 18.2 Å². The Bertz CT molecular complexity index is 1330. The molecule has 3 aromatic carbocycles. The number of benzene rings is 3. The number of carbonyl (C=O) groups excluding carboxylic acids is 3. The zero-order chi connectivity index (χ0) is 24.4. The van der Waals surface area contributed by atoms with E-state index in [0.717, 1.165) is 4.90 Å². The number of methoxy groups -OCH3 is 1. The van der Waals surface area contributed by atoms with Gasteiger partial charge in [-0.15, -0.1) is 0 Å². The molecular weight excluding hydrogens is 438 g/mol. The van der Waals surface area contributed by atoms with Gasteiger partial charge in [0.05, 0.1) is 25.0 Å². The van der Waals surface area contributed by atoms with Crippen molar-refractivity contribution in [3.8, 4) is 17.2 Å². The van der Waals surface area contributed by atoms with Gasteiger partial charge in [-0.3, -0.25) is 9.59 Å². The van der Waals surface area contributed by atoms with Gasteiger partial charge in [0, 0.05) is 11.1 Å². The molecule has 0 radical (unpaired) electrons. The van der Waals surface area contributed by atoms with E-state index in [1.807, 2.05) is 0 Å². The van der Waals surface area contributed by atoms with E-state index in [9.17, 15) is 24.6 Å². The van der Waals surface area contributed by atoms with Crippen LogP contribution >= 0.6 is 0 Å². The fraction of sp³-hybridized carbons (Fsp3) is 0.115. The second-order valence-electron chi connectivity index (χ2n) is 7.41. The van der Waals surface area contributed by atoms with Gasteiger partial charge in [0.2, 0.25) is 5.75 Å². The van der Waals surface area contributed by atoms with Crippen LogP contribution in [-0.2, 0) is 9.53 Å². The number of rotatable bonds is 5. The van der Waals surface area contributed by atoms with Crippen molar-refractivity contribution in [3.63, 3.8) is 0 Å². The molecule has 8 heteroatoms. The first kappa shape index (κ1) is 22.6. The molecule has 34 heavy (non-hydrogen) atoms. The smallest absolute Gasteiger partial charge is 0.338 e. The second-order valence-corrected chi connectivity index (χ2v) is 7.41. The number of hydrogen-bond acceptors (Lipinski definition) is 7. The number of carbonyl (C=O) groups is 3. The Morgan fingerprint density at radius 1 is 0.971 bits per heavy atom. The number of ether oxygens (including phenoxy) is 2. The van der Waals surface area contributed by atoms with E-state index in [1.54, 1.807) is 31.2 Å². The Kier molecular flexibility index (Phi) is 6.05. The molecule has 1 aliphatic rings. The molecule has 8 nitrogen and oxygen atoms in total. The first-order valence-corrected chi connectivity index (χ1v) is 10.4. The van der Waals surface area contributed by atoms with Crippen LogP contribution < -0.4 is 9.64 Å². The van der Waals surface area contributed by atoms with Crippen LogP contribution in [0, 0.1) is 0 Å². The molecule has 0 unspecified atom stereocenters. The van der Waals surface area contributed by atoms with Crippen LogP contribution in [0.3, 0.4) is 0 Å². The van der Waals surface area contributed by atoms with Crippen LogP contribution in [0.4, 0.5) is 5.69 Å². The molecule has 0 atom stereocenters. The summed E-state index contributed by atoms with van der Waals surface area (Å²) in [6, 6.07) is 15.4. The lowest BCUT2D eigenvalue weighted by Crippen LogP contribution is -2.41. The van der Waals surface area contributed by atoms with Crippen LogP contribution in [0.15, 0.2) is 60.7 Å². The minimum absolute atomic E-state index is 0.0332. The van der Waals surface area contributed by atoms with E-state index in [-0.39, 0.29) is 23.6 Å². The molecule has 4 rings (SSSR count). The van der Waals surface area contributed by atoms with Gasteiger partial charge < -0.3 is 19.7 Å². The summed E-state index contributed by atoms with van der Waals surface area (Å²) >= 11 is 0. The summed E-state index contributed by atoms with van der Waals surface area (Å²) in [6.07, 6.45) is 1.51. The highest BCUT2D eigenvalue weighted by atomic mass is 16.5. The summed E-state index contributed by atoms with van der Waals surface area (Å²) in [5, 5.41) is 19.9. The lowest BCUT2D eigenvalue weighted by atomic mass is 9.91. The Morgan fingerprint density at radius 3 is 2.29 bits per heavy atom. The lowest BCUT2D eigenvalue weighted by Gasteiger charge is -2.28. The van der Waals surface area contributed by atoms with Gasteiger partial charge in [-0.25, -0.2) is 9.69 Å². The van der Waals surface area contributed by atoms with E-state index in [0.29, 0.717) is 22.3 Å². The van der Waals surface area contributed by atoms with Gasteiger partial charge in [-0.2, -0.15) is 0 Å². The van der Waals surface area contributed by atoms with Crippen LogP contribution in [0.25, 0.3) is 11.6 Å². The molecule has 2 N–H and O–H groups in total. The van der Waals surface area contributed by atoms with Crippen molar-refractivity contribution >= 4 is 35.1 Å². The highest BCUT2D eigenvalue weighted by Crippen LogP contribution is 2.39. The van der Waals surface area contributed by atoms with Crippen LogP contribution in [-0.4, -0.2) is 41.7 Å². The van der Waals surface area contributed by atoms with Crippen molar-refractivity contribution in [1.29, 1.82) is 0 Å². The molecule has 0 spiro atoms. The number of aromatic hydroxyl groups is 2. The summed E-state index contributed by atoms with van der Waals surface area (Å²) < 4.78 is 10.1. The van der Waals surface area contributed by atoms with Crippen molar-refractivity contribution in [3.05, 3.63) is 82.9 Å². The van der Waals surface area contributed by atoms with Gasteiger partial charge in [0.1, 0.15) is 0 Å². The number of imide groups is 1. The Hall–Kier alpha value is -4.59. The van der Waals surface area contributed by atoms with Gasteiger partial charge >= 0.3 is 5.97 Å². The van der Waals surface area contributed by atoms with Crippen molar-refractivity contribution in [2.45, 2.75) is 6.92 Å². The number of esters is 1. The number of amides is 2. The maximum absolute atomic E-state index is 13.5.